The van der Waals surface area contributed by atoms with Crippen LogP contribution in [0.5, 0.6) is 0 Å². The lowest BCUT2D eigenvalue weighted by Gasteiger charge is -2.30. The topological polar surface area (TPSA) is 28.0 Å². The molecule has 1 rings (SSSR count). The monoisotopic (exact) mass is 237 g/mol. The lowest BCUT2D eigenvalue weighted by atomic mass is 9.83. The molecule has 1 unspecified atom stereocenters. The quantitative estimate of drug-likeness (QED) is 0.637. The first-order valence-electron chi connectivity index (χ1n) is 6.91. The molecule has 3 nitrogen and oxygen atoms in total. The number of hydrogen-bond acceptors (Lipinski definition) is 3. The van der Waals surface area contributed by atoms with E-state index in [4.69, 9.17) is 0 Å². The lowest BCUT2D eigenvalue weighted by Crippen LogP contribution is -2.31. The van der Waals surface area contributed by atoms with E-state index in [9.17, 15) is 0 Å². The molecule has 98 valence electrons. The molecular formula is C14H27N3. The van der Waals surface area contributed by atoms with Gasteiger partial charge in [0, 0.05) is 12.7 Å². The molecule has 0 bridgehead atoms. The fourth-order valence-corrected chi connectivity index (χ4v) is 2.48. The summed E-state index contributed by atoms with van der Waals surface area (Å²) < 4.78 is 0. The maximum atomic E-state index is 4.24. The van der Waals surface area contributed by atoms with Gasteiger partial charge in [0.15, 0.2) is 0 Å². The minimum absolute atomic E-state index is 0.259. The van der Waals surface area contributed by atoms with Crippen LogP contribution in [0.15, 0.2) is 22.6 Å². The summed E-state index contributed by atoms with van der Waals surface area (Å²) in [5, 5.41) is 8.21. The third kappa shape index (κ3) is 4.88. The van der Waals surface area contributed by atoms with Gasteiger partial charge in [0.1, 0.15) is 6.17 Å². The molecule has 1 aliphatic heterocycles. The molecule has 3 heteroatoms. The van der Waals surface area contributed by atoms with Gasteiger partial charge in [-0.2, -0.15) is 10.2 Å². The van der Waals surface area contributed by atoms with Gasteiger partial charge in [-0.1, -0.05) is 34.1 Å². The van der Waals surface area contributed by atoms with E-state index in [2.05, 4.69) is 49.0 Å². The fourth-order valence-electron chi connectivity index (χ4n) is 2.48. The molecule has 1 atom stereocenters. The number of nitrogens with zero attached hydrogens (tertiary/aromatic N) is 3. The molecule has 0 saturated heterocycles. The second kappa shape index (κ2) is 6.77. The van der Waals surface area contributed by atoms with Gasteiger partial charge in [0.25, 0.3) is 0 Å². The average molecular weight is 237 g/mol. The Morgan fingerprint density at radius 1 is 1.24 bits per heavy atom. The van der Waals surface area contributed by atoms with Crippen LogP contribution in [0.1, 0.15) is 59.8 Å². The Labute approximate surface area is 106 Å². The van der Waals surface area contributed by atoms with E-state index >= 15 is 0 Å². The zero-order valence-electron chi connectivity index (χ0n) is 11.8. The van der Waals surface area contributed by atoms with Crippen molar-refractivity contribution in [2.75, 3.05) is 6.54 Å². The Bertz CT molecular complexity index is 269. The van der Waals surface area contributed by atoms with Gasteiger partial charge >= 0.3 is 0 Å². The van der Waals surface area contributed by atoms with E-state index in [1.165, 1.54) is 25.7 Å². The van der Waals surface area contributed by atoms with Crippen LogP contribution in [0.3, 0.4) is 0 Å². The highest BCUT2D eigenvalue weighted by Gasteiger charge is 2.18. The Morgan fingerprint density at radius 3 is 2.65 bits per heavy atom. The van der Waals surface area contributed by atoms with Crippen molar-refractivity contribution in [3.63, 3.8) is 0 Å². The summed E-state index contributed by atoms with van der Waals surface area (Å²) >= 11 is 0. The van der Waals surface area contributed by atoms with Gasteiger partial charge in [-0.25, -0.2) is 0 Å². The average Bonchev–Trinajstić information content (AvgIpc) is 2.29. The summed E-state index contributed by atoms with van der Waals surface area (Å²) in [6, 6.07) is 0. The largest absolute Gasteiger partial charge is 0.353 e. The Hall–Kier alpha value is -0.860. The van der Waals surface area contributed by atoms with Gasteiger partial charge in [-0.3, -0.25) is 0 Å². The Kier molecular flexibility index (Phi) is 5.66. The van der Waals surface area contributed by atoms with E-state index in [1.807, 2.05) is 0 Å². The second-order valence-corrected chi connectivity index (χ2v) is 5.67. The summed E-state index contributed by atoms with van der Waals surface area (Å²) in [6.07, 6.45) is 10.3. The van der Waals surface area contributed by atoms with E-state index in [1.54, 1.807) is 6.20 Å². The van der Waals surface area contributed by atoms with Gasteiger partial charge in [0.05, 0.1) is 6.20 Å². The molecular weight excluding hydrogens is 210 g/mol. The van der Waals surface area contributed by atoms with Crippen molar-refractivity contribution in [3.8, 4) is 0 Å². The van der Waals surface area contributed by atoms with Gasteiger partial charge in [-0.05, 0) is 31.1 Å². The zero-order chi connectivity index (χ0) is 12.7. The van der Waals surface area contributed by atoms with Gasteiger partial charge in [-0.15, -0.1) is 0 Å². The molecule has 0 amide bonds. The molecule has 0 aromatic heterocycles. The minimum atomic E-state index is 0.259. The molecule has 0 aromatic carbocycles. The summed E-state index contributed by atoms with van der Waals surface area (Å²) in [7, 11) is 0. The van der Waals surface area contributed by atoms with Crippen LogP contribution >= 0.6 is 0 Å². The van der Waals surface area contributed by atoms with Crippen molar-refractivity contribution >= 4 is 0 Å². The molecule has 0 saturated carbocycles. The normalized spacial score (nSPS) is 20.0. The molecule has 0 fully saturated rings. The van der Waals surface area contributed by atoms with Crippen molar-refractivity contribution in [2.45, 2.75) is 66.0 Å². The SMILES string of the molecule is CCCC(C)(C)CCCN1C=CN=NC1CC. The predicted octanol–water partition coefficient (Wildman–Crippen LogP) is 4.57. The fraction of sp³-hybridized carbons (Fsp3) is 0.857. The third-order valence-corrected chi connectivity index (χ3v) is 3.47. The first-order valence-corrected chi connectivity index (χ1v) is 6.91. The minimum Gasteiger partial charge on any atom is -0.353 e. The van der Waals surface area contributed by atoms with Crippen molar-refractivity contribution < 1.29 is 0 Å². The molecule has 0 aliphatic carbocycles. The lowest BCUT2D eigenvalue weighted by molar-refractivity contribution is 0.226. The van der Waals surface area contributed by atoms with Crippen molar-refractivity contribution in [3.05, 3.63) is 12.4 Å². The summed E-state index contributed by atoms with van der Waals surface area (Å²) in [6.45, 7) is 10.3. The van der Waals surface area contributed by atoms with Crippen LogP contribution in [0.2, 0.25) is 0 Å². The van der Waals surface area contributed by atoms with Gasteiger partial charge in [0.2, 0.25) is 0 Å². The highest BCUT2D eigenvalue weighted by Crippen LogP contribution is 2.28. The summed E-state index contributed by atoms with van der Waals surface area (Å²) in [5.74, 6) is 0. The summed E-state index contributed by atoms with van der Waals surface area (Å²) in [5.41, 5.74) is 0.484. The molecule has 0 radical (unpaired) electrons. The standard InChI is InChI=1S/C14H27N3/c1-5-8-14(3,4)9-7-11-17-12-10-15-16-13(17)6-2/h10,12-13H,5-9,11H2,1-4H3. The van der Waals surface area contributed by atoms with Crippen molar-refractivity contribution in [2.24, 2.45) is 15.6 Å². The van der Waals surface area contributed by atoms with Crippen LogP contribution < -0.4 is 0 Å². The number of azo groups is 1. The van der Waals surface area contributed by atoms with Crippen LogP contribution in [-0.2, 0) is 0 Å². The number of rotatable bonds is 7. The smallest absolute Gasteiger partial charge is 0.141 e. The predicted molar refractivity (Wildman–Crippen MR) is 72.7 cm³/mol. The molecule has 1 aliphatic rings. The highest BCUT2D eigenvalue weighted by molar-refractivity contribution is 4.87. The third-order valence-electron chi connectivity index (χ3n) is 3.47. The van der Waals surface area contributed by atoms with E-state index in [0.717, 1.165) is 13.0 Å². The first-order chi connectivity index (χ1) is 8.09. The zero-order valence-corrected chi connectivity index (χ0v) is 11.8. The van der Waals surface area contributed by atoms with Crippen LogP contribution in [0.25, 0.3) is 0 Å². The molecule has 0 N–H and O–H groups in total. The molecule has 0 aromatic rings. The highest BCUT2D eigenvalue weighted by atomic mass is 15.3. The molecule has 0 spiro atoms. The van der Waals surface area contributed by atoms with Crippen LogP contribution in [0.4, 0.5) is 0 Å². The first kappa shape index (κ1) is 14.2. The van der Waals surface area contributed by atoms with E-state index in [0.29, 0.717) is 5.41 Å². The maximum Gasteiger partial charge on any atom is 0.141 e. The van der Waals surface area contributed by atoms with Crippen LogP contribution in [-0.4, -0.2) is 17.6 Å². The van der Waals surface area contributed by atoms with E-state index < -0.39 is 0 Å². The van der Waals surface area contributed by atoms with Crippen molar-refractivity contribution in [1.29, 1.82) is 0 Å². The summed E-state index contributed by atoms with van der Waals surface area (Å²) in [4.78, 5) is 2.31. The van der Waals surface area contributed by atoms with Gasteiger partial charge < -0.3 is 4.90 Å². The van der Waals surface area contributed by atoms with E-state index in [-0.39, 0.29) is 6.17 Å². The molecule has 1 heterocycles. The van der Waals surface area contributed by atoms with Crippen LogP contribution in [0, 0.1) is 5.41 Å². The second-order valence-electron chi connectivity index (χ2n) is 5.67. The van der Waals surface area contributed by atoms with Crippen molar-refractivity contribution in [1.82, 2.24) is 4.90 Å². The molecule has 17 heavy (non-hydrogen) atoms. The number of hydrogen-bond donors (Lipinski definition) is 0. The Morgan fingerprint density at radius 2 is 2.00 bits per heavy atom. The maximum absolute atomic E-state index is 4.24. The Balaban J connectivity index is 2.31.